The zero-order chi connectivity index (χ0) is 24.6. The minimum atomic E-state index is -3.81. The number of aryl methyl sites for hydroxylation is 1. The van der Waals surface area contributed by atoms with Gasteiger partial charge in [0.15, 0.2) is 11.9 Å². The van der Waals surface area contributed by atoms with Crippen LogP contribution in [0.5, 0.6) is 5.75 Å². The van der Waals surface area contributed by atoms with Gasteiger partial charge >= 0.3 is 0 Å². The summed E-state index contributed by atoms with van der Waals surface area (Å²) in [4.78, 5) is 36.3. The van der Waals surface area contributed by atoms with E-state index in [0.29, 0.717) is 41.1 Å². The molecule has 2 aromatic carbocycles. The van der Waals surface area contributed by atoms with Crippen molar-refractivity contribution in [3.05, 3.63) is 47.5 Å². The summed E-state index contributed by atoms with van der Waals surface area (Å²) in [7, 11) is -3.81. The molecular formula is C24H27N3O6S. The van der Waals surface area contributed by atoms with Crippen molar-refractivity contribution in [2.24, 2.45) is 5.92 Å². The molecule has 180 valence electrons. The van der Waals surface area contributed by atoms with Crippen molar-refractivity contribution in [1.82, 2.24) is 4.31 Å². The molecule has 10 heteroatoms. The molecular weight excluding hydrogens is 458 g/mol. The van der Waals surface area contributed by atoms with Gasteiger partial charge in [0.1, 0.15) is 5.75 Å². The summed E-state index contributed by atoms with van der Waals surface area (Å²) in [5, 5.41) is 5.55. The van der Waals surface area contributed by atoms with Gasteiger partial charge in [-0.3, -0.25) is 14.4 Å². The second-order valence-corrected chi connectivity index (χ2v) is 10.6. The first-order valence-corrected chi connectivity index (χ1v) is 12.5. The summed E-state index contributed by atoms with van der Waals surface area (Å²) in [6, 6.07) is 9.79. The number of sulfonamides is 1. The Balaban J connectivity index is 1.44. The van der Waals surface area contributed by atoms with Crippen LogP contribution in [0.15, 0.2) is 41.3 Å². The Morgan fingerprint density at radius 1 is 1.15 bits per heavy atom. The van der Waals surface area contributed by atoms with Gasteiger partial charge in [-0.15, -0.1) is 0 Å². The van der Waals surface area contributed by atoms with Gasteiger partial charge in [0.25, 0.3) is 5.91 Å². The van der Waals surface area contributed by atoms with Crippen LogP contribution < -0.4 is 15.4 Å². The highest BCUT2D eigenvalue weighted by molar-refractivity contribution is 7.89. The van der Waals surface area contributed by atoms with E-state index in [0.717, 1.165) is 0 Å². The van der Waals surface area contributed by atoms with Crippen molar-refractivity contribution in [2.75, 3.05) is 23.7 Å². The van der Waals surface area contributed by atoms with Crippen molar-refractivity contribution in [3.63, 3.8) is 0 Å². The van der Waals surface area contributed by atoms with Crippen molar-refractivity contribution in [2.45, 2.75) is 44.6 Å². The molecule has 0 unspecified atom stereocenters. The summed E-state index contributed by atoms with van der Waals surface area (Å²) in [5.41, 5.74) is 2.00. The zero-order valence-corrected chi connectivity index (χ0v) is 20.1. The Hall–Kier alpha value is -3.24. The number of carbonyl (C=O) groups is 3. The quantitative estimate of drug-likeness (QED) is 0.628. The van der Waals surface area contributed by atoms with Crippen LogP contribution in [0, 0.1) is 12.8 Å². The molecule has 0 spiro atoms. The number of piperidine rings is 1. The van der Waals surface area contributed by atoms with Crippen LogP contribution >= 0.6 is 0 Å². The minimum absolute atomic E-state index is 0.0886. The first kappa shape index (κ1) is 23.9. The molecule has 1 fully saturated rings. The third kappa shape index (κ3) is 4.69. The number of amides is 2. The molecule has 1 atom stereocenters. The third-order valence-electron chi connectivity index (χ3n) is 6.19. The van der Waals surface area contributed by atoms with Crippen LogP contribution in [0.1, 0.15) is 42.6 Å². The first-order chi connectivity index (χ1) is 16.1. The topological polar surface area (TPSA) is 122 Å². The average Bonchev–Trinajstić information content (AvgIpc) is 2.80. The maximum Gasteiger partial charge on any atom is 0.265 e. The first-order valence-electron chi connectivity index (χ1n) is 11.1. The van der Waals surface area contributed by atoms with Crippen LogP contribution in [0.25, 0.3) is 0 Å². The van der Waals surface area contributed by atoms with Crippen LogP contribution in [-0.2, 0) is 19.6 Å². The SMILES string of the molecule is CC(=O)c1cccc(NC(=O)C2CCN(S(=O)(=O)c3cc4c(cc3C)NC(=O)[C@@H](C)O4)CC2)c1. The van der Waals surface area contributed by atoms with Gasteiger partial charge in [-0.25, -0.2) is 8.42 Å². The lowest BCUT2D eigenvalue weighted by Gasteiger charge is -2.31. The van der Waals surface area contributed by atoms with Gasteiger partial charge in [-0.1, -0.05) is 12.1 Å². The molecule has 2 amide bonds. The average molecular weight is 486 g/mol. The Labute approximate surface area is 198 Å². The number of fused-ring (bicyclic) bond motifs is 1. The Morgan fingerprint density at radius 3 is 2.53 bits per heavy atom. The minimum Gasteiger partial charge on any atom is -0.479 e. The smallest absolute Gasteiger partial charge is 0.265 e. The predicted octanol–water partition coefficient (Wildman–Crippen LogP) is 2.96. The number of anilines is 2. The molecule has 4 rings (SSSR count). The molecule has 2 heterocycles. The van der Waals surface area contributed by atoms with Gasteiger partial charge in [0, 0.05) is 36.3 Å². The van der Waals surface area contributed by atoms with Gasteiger partial charge in [-0.05, 0) is 57.4 Å². The molecule has 2 aromatic rings. The number of benzene rings is 2. The number of nitrogens with one attached hydrogen (secondary N) is 2. The van der Waals surface area contributed by atoms with E-state index >= 15 is 0 Å². The van der Waals surface area contributed by atoms with Gasteiger partial charge in [-0.2, -0.15) is 4.31 Å². The third-order valence-corrected chi connectivity index (χ3v) is 8.23. The van der Waals surface area contributed by atoms with E-state index in [1.807, 2.05) is 0 Å². The molecule has 0 bridgehead atoms. The van der Waals surface area contributed by atoms with Crippen LogP contribution in [0.3, 0.4) is 0 Å². The Morgan fingerprint density at radius 2 is 1.85 bits per heavy atom. The van der Waals surface area contributed by atoms with E-state index < -0.39 is 16.1 Å². The van der Waals surface area contributed by atoms with Crippen LogP contribution in [-0.4, -0.2) is 49.5 Å². The second kappa shape index (κ2) is 9.19. The second-order valence-electron chi connectivity index (χ2n) is 8.67. The monoisotopic (exact) mass is 485 g/mol. The van der Waals surface area contributed by atoms with Gasteiger partial charge < -0.3 is 15.4 Å². The van der Waals surface area contributed by atoms with E-state index in [9.17, 15) is 22.8 Å². The molecule has 34 heavy (non-hydrogen) atoms. The highest BCUT2D eigenvalue weighted by atomic mass is 32.2. The number of hydrogen-bond donors (Lipinski definition) is 2. The van der Waals surface area contributed by atoms with E-state index in [-0.39, 0.29) is 41.5 Å². The fraction of sp³-hybridized carbons (Fsp3) is 0.375. The molecule has 1 saturated heterocycles. The predicted molar refractivity (Wildman–Crippen MR) is 126 cm³/mol. The highest BCUT2D eigenvalue weighted by Gasteiger charge is 2.34. The maximum absolute atomic E-state index is 13.4. The summed E-state index contributed by atoms with van der Waals surface area (Å²) in [6.07, 6.45) is 0.0481. The lowest BCUT2D eigenvalue weighted by molar-refractivity contribution is -0.123. The lowest BCUT2D eigenvalue weighted by atomic mass is 9.97. The fourth-order valence-electron chi connectivity index (χ4n) is 4.18. The van der Waals surface area contributed by atoms with Crippen molar-refractivity contribution in [1.29, 1.82) is 0 Å². The summed E-state index contributed by atoms with van der Waals surface area (Å²) < 4.78 is 33.7. The lowest BCUT2D eigenvalue weighted by Crippen LogP contribution is -2.41. The molecule has 0 aliphatic carbocycles. The molecule has 0 radical (unpaired) electrons. The van der Waals surface area contributed by atoms with Crippen molar-refractivity contribution < 1.29 is 27.5 Å². The standard InChI is InChI=1S/C24H27N3O6S/c1-14-11-20-21(33-16(3)23(29)26-20)13-22(14)34(31,32)27-9-7-17(8-10-27)24(30)25-19-6-4-5-18(12-19)15(2)28/h4-6,11-13,16-17H,7-10H2,1-3H3,(H,25,30)(H,26,29)/t16-/m1/s1. The number of ketones is 1. The molecule has 2 N–H and O–H groups in total. The van der Waals surface area contributed by atoms with E-state index in [1.165, 1.54) is 17.3 Å². The number of ether oxygens (including phenoxy) is 1. The molecule has 2 aliphatic heterocycles. The highest BCUT2D eigenvalue weighted by Crippen LogP contribution is 2.36. The summed E-state index contributed by atoms with van der Waals surface area (Å²) in [6.45, 7) is 5.14. The molecule has 9 nitrogen and oxygen atoms in total. The maximum atomic E-state index is 13.4. The fourth-order valence-corrected chi connectivity index (χ4v) is 5.87. The number of nitrogens with zero attached hydrogens (tertiary/aromatic N) is 1. The van der Waals surface area contributed by atoms with Crippen molar-refractivity contribution >= 4 is 39.0 Å². The number of carbonyl (C=O) groups excluding carboxylic acids is 3. The summed E-state index contributed by atoms with van der Waals surface area (Å²) in [5.74, 6) is -0.583. The summed E-state index contributed by atoms with van der Waals surface area (Å²) >= 11 is 0. The van der Waals surface area contributed by atoms with Crippen LogP contribution in [0.2, 0.25) is 0 Å². The van der Waals surface area contributed by atoms with Gasteiger partial charge in [0.05, 0.1) is 10.6 Å². The normalized spacial score (nSPS) is 19.0. The Bertz CT molecular complexity index is 1270. The molecule has 0 aromatic heterocycles. The number of Topliss-reactive ketones (excluding diaryl/α,β-unsaturated/α-hetero) is 1. The number of hydrogen-bond acceptors (Lipinski definition) is 6. The number of rotatable bonds is 5. The van der Waals surface area contributed by atoms with Crippen LogP contribution in [0.4, 0.5) is 11.4 Å². The molecule has 0 saturated carbocycles. The Kier molecular flexibility index (Phi) is 6.46. The van der Waals surface area contributed by atoms with E-state index in [4.69, 9.17) is 4.74 Å². The van der Waals surface area contributed by atoms with E-state index in [1.54, 1.807) is 44.2 Å². The molecule has 2 aliphatic rings. The van der Waals surface area contributed by atoms with E-state index in [2.05, 4.69) is 10.6 Å². The van der Waals surface area contributed by atoms with Crippen molar-refractivity contribution in [3.8, 4) is 5.75 Å². The van der Waals surface area contributed by atoms with Gasteiger partial charge in [0.2, 0.25) is 15.9 Å². The zero-order valence-electron chi connectivity index (χ0n) is 19.3. The largest absolute Gasteiger partial charge is 0.479 e.